The molecule has 0 bridgehead atoms. The minimum Gasteiger partial charge on any atom is -0.327 e. The van der Waals surface area contributed by atoms with Gasteiger partial charge in [0.1, 0.15) is 0 Å². The second-order valence-electron chi connectivity index (χ2n) is 4.39. The molecule has 0 saturated heterocycles. The molecule has 0 radical (unpaired) electrons. The molecule has 1 heterocycles. The van der Waals surface area contributed by atoms with Crippen LogP contribution >= 0.6 is 11.3 Å². The maximum Gasteiger partial charge on any atom is 0.0946 e. The summed E-state index contributed by atoms with van der Waals surface area (Å²) in [5.74, 6) is 0.923. The Morgan fingerprint density at radius 3 is 2.71 bits per heavy atom. The molecule has 1 fully saturated rings. The second-order valence-corrected chi connectivity index (χ2v) is 5.68. The first-order valence-corrected chi connectivity index (χ1v) is 6.15. The van der Waals surface area contributed by atoms with Crippen LogP contribution in [-0.4, -0.2) is 11.0 Å². The van der Waals surface area contributed by atoms with E-state index in [4.69, 9.17) is 5.73 Å². The fourth-order valence-electron chi connectivity index (χ4n) is 1.72. The highest BCUT2D eigenvalue weighted by atomic mass is 32.1. The summed E-state index contributed by atoms with van der Waals surface area (Å²) in [5, 5.41) is 1.22. The van der Waals surface area contributed by atoms with Crippen molar-refractivity contribution in [3.63, 3.8) is 0 Å². The van der Waals surface area contributed by atoms with Crippen molar-refractivity contribution in [3.05, 3.63) is 15.6 Å². The van der Waals surface area contributed by atoms with E-state index in [1.807, 2.05) is 0 Å². The van der Waals surface area contributed by atoms with E-state index in [-0.39, 0.29) is 0 Å². The van der Waals surface area contributed by atoms with Gasteiger partial charge in [-0.1, -0.05) is 12.8 Å². The van der Waals surface area contributed by atoms with Crippen LogP contribution in [0.2, 0.25) is 0 Å². The Labute approximate surface area is 89.5 Å². The highest BCUT2D eigenvalue weighted by Crippen LogP contribution is 2.33. The van der Waals surface area contributed by atoms with E-state index in [2.05, 4.69) is 18.8 Å². The molecule has 1 aliphatic carbocycles. The summed E-state index contributed by atoms with van der Waals surface area (Å²) < 4.78 is 0. The smallest absolute Gasteiger partial charge is 0.0946 e. The molecule has 1 aromatic heterocycles. The molecule has 1 atom stereocenters. The summed E-state index contributed by atoms with van der Waals surface area (Å²) >= 11 is 1.80. The summed E-state index contributed by atoms with van der Waals surface area (Å²) in [7, 11) is 0. The summed E-state index contributed by atoms with van der Waals surface area (Å²) in [6.07, 6.45) is 4.95. The molecular weight excluding hydrogens is 192 g/mol. The molecule has 2 nitrogen and oxygen atoms in total. The Kier molecular flexibility index (Phi) is 2.88. The lowest BCUT2D eigenvalue weighted by molar-refractivity contribution is 0.565. The molecule has 0 aromatic carbocycles. The quantitative estimate of drug-likeness (QED) is 0.829. The van der Waals surface area contributed by atoms with E-state index >= 15 is 0 Å². The third-order valence-corrected chi connectivity index (χ3v) is 3.94. The van der Waals surface area contributed by atoms with Gasteiger partial charge in [-0.2, -0.15) is 0 Å². The SMILES string of the molecule is Cc1nc(CC(N)CC2CC2)sc1C. The van der Waals surface area contributed by atoms with E-state index < -0.39 is 0 Å². The zero-order valence-corrected chi connectivity index (χ0v) is 9.73. The molecule has 2 rings (SSSR count). The first-order valence-electron chi connectivity index (χ1n) is 5.33. The molecule has 1 unspecified atom stereocenters. The first kappa shape index (κ1) is 10.1. The van der Waals surface area contributed by atoms with Crippen LogP contribution in [0.15, 0.2) is 0 Å². The molecule has 14 heavy (non-hydrogen) atoms. The van der Waals surface area contributed by atoms with Crippen molar-refractivity contribution in [1.82, 2.24) is 4.98 Å². The predicted molar refractivity (Wildman–Crippen MR) is 60.6 cm³/mol. The van der Waals surface area contributed by atoms with Gasteiger partial charge in [0, 0.05) is 17.3 Å². The van der Waals surface area contributed by atoms with Gasteiger partial charge >= 0.3 is 0 Å². The molecule has 3 heteroatoms. The fraction of sp³-hybridized carbons (Fsp3) is 0.727. The Balaban J connectivity index is 1.88. The topological polar surface area (TPSA) is 38.9 Å². The van der Waals surface area contributed by atoms with Gasteiger partial charge in [0.05, 0.1) is 10.7 Å². The maximum atomic E-state index is 6.07. The Bertz CT molecular complexity index is 296. The van der Waals surface area contributed by atoms with Crippen molar-refractivity contribution in [2.24, 2.45) is 11.7 Å². The van der Waals surface area contributed by atoms with Crippen LogP contribution in [0.1, 0.15) is 34.8 Å². The number of nitrogens with two attached hydrogens (primary N) is 1. The van der Waals surface area contributed by atoms with Crippen molar-refractivity contribution in [2.45, 2.75) is 45.6 Å². The van der Waals surface area contributed by atoms with Gasteiger partial charge in [0.25, 0.3) is 0 Å². The van der Waals surface area contributed by atoms with Gasteiger partial charge in [-0.15, -0.1) is 11.3 Å². The van der Waals surface area contributed by atoms with Crippen LogP contribution in [0.3, 0.4) is 0 Å². The molecule has 2 N–H and O–H groups in total. The predicted octanol–water partition coefficient (Wildman–Crippen LogP) is 2.43. The van der Waals surface area contributed by atoms with E-state index in [0.717, 1.165) is 12.3 Å². The zero-order valence-electron chi connectivity index (χ0n) is 8.92. The summed E-state index contributed by atoms with van der Waals surface area (Å²) in [6.45, 7) is 4.20. The Hall–Kier alpha value is -0.410. The number of rotatable bonds is 4. The van der Waals surface area contributed by atoms with Crippen LogP contribution in [0.25, 0.3) is 0 Å². The maximum absolute atomic E-state index is 6.07. The lowest BCUT2D eigenvalue weighted by atomic mass is 10.1. The number of aryl methyl sites for hydroxylation is 2. The Morgan fingerprint density at radius 1 is 1.50 bits per heavy atom. The van der Waals surface area contributed by atoms with Crippen LogP contribution in [0.4, 0.5) is 0 Å². The number of hydrogen-bond acceptors (Lipinski definition) is 3. The first-order chi connectivity index (χ1) is 6.65. The average molecular weight is 210 g/mol. The monoisotopic (exact) mass is 210 g/mol. The van der Waals surface area contributed by atoms with Crippen LogP contribution in [0.5, 0.6) is 0 Å². The van der Waals surface area contributed by atoms with Crippen LogP contribution in [-0.2, 0) is 6.42 Å². The van der Waals surface area contributed by atoms with Gasteiger partial charge in [-0.05, 0) is 26.2 Å². The third kappa shape index (κ3) is 2.55. The molecule has 1 aliphatic rings. The van der Waals surface area contributed by atoms with Gasteiger partial charge in [-0.3, -0.25) is 0 Å². The number of nitrogens with zero attached hydrogens (tertiary/aromatic N) is 1. The fourth-order valence-corrected chi connectivity index (χ4v) is 2.74. The normalized spacial score (nSPS) is 18.5. The van der Waals surface area contributed by atoms with E-state index in [1.165, 1.54) is 34.8 Å². The molecule has 1 saturated carbocycles. The van der Waals surface area contributed by atoms with Crippen molar-refractivity contribution in [2.75, 3.05) is 0 Å². The largest absolute Gasteiger partial charge is 0.327 e. The zero-order chi connectivity index (χ0) is 10.1. The number of thiazole rings is 1. The van der Waals surface area contributed by atoms with Crippen molar-refractivity contribution in [3.8, 4) is 0 Å². The molecule has 78 valence electrons. The van der Waals surface area contributed by atoms with E-state index in [1.54, 1.807) is 11.3 Å². The molecule has 0 aliphatic heterocycles. The van der Waals surface area contributed by atoms with Gasteiger partial charge in [0.2, 0.25) is 0 Å². The summed E-state index contributed by atoms with van der Waals surface area (Å²) in [4.78, 5) is 5.85. The molecule has 0 amide bonds. The van der Waals surface area contributed by atoms with Crippen molar-refractivity contribution < 1.29 is 0 Å². The van der Waals surface area contributed by atoms with Crippen LogP contribution < -0.4 is 5.73 Å². The molecule has 1 aromatic rings. The minimum atomic E-state index is 0.326. The van der Waals surface area contributed by atoms with Gasteiger partial charge < -0.3 is 5.73 Å². The van der Waals surface area contributed by atoms with Crippen molar-refractivity contribution >= 4 is 11.3 Å². The lowest BCUT2D eigenvalue weighted by Crippen LogP contribution is -2.23. The van der Waals surface area contributed by atoms with E-state index in [9.17, 15) is 0 Å². The van der Waals surface area contributed by atoms with Crippen LogP contribution in [0, 0.1) is 19.8 Å². The molecule has 0 spiro atoms. The van der Waals surface area contributed by atoms with Crippen molar-refractivity contribution in [1.29, 1.82) is 0 Å². The average Bonchev–Trinajstić information content (AvgIpc) is 2.82. The lowest BCUT2D eigenvalue weighted by Gasteiger charge is -2.07. The standard InChI is InChI=1S/C11H18N2S/c1-7-8(2)14-11(13-7)6-10(12)5-9-3-4-9/h9-10H,3-6,12H2,1-2H3. The number of aromatic nitrogens is 1. The van der Waals surface area contributed by atoms with Gasteiger partial charge in [-0.25, -0.2) is 4.98 Å². The highest BCUT2D eigenvalue weighted by molar-refractivity contribution is 7.11. The molecular formula is C11H18N2S. The Morgan fingerprint density at radius 2 is 2.21 bits per heavy atom. The summed E-state index contributed by atoms with van der Waals surface area (Å²) in [6, 6.07) is 0.326. The van der Waals surface area contributed by atoms with E-state index in [0.29, 0.717) is 6.04 Å². The van der Waals surface area contributed by atoms with Gasteiger partial charge in [0.15, 0.2) is 0 Å². The minimum absolute atomic E-state index is 0.326. The highest BCUT2D eigenvalue weighted by Gasteiger charge is 2.24. The summed E-state index contributed by atoms with van der Waals surface area (Å²) in [5.41, 5.74) is 7.24. The number of hydrogen-bond donors (Lipinski definition) is 1. The third-order valence-electron chi connectivity index (χ3n) is 2.84. The second kappa shape index (κ2) is 3.99.